The number of halogens is 3. The molecule has 8 heteroatoms. The van der Waals surface area contributed by atoms with Gasteiger partial charge in [-0.2, -0.15) is 13.2 Å². The third-order valence-corrected chi connectivity index (χ3v) is 3.75. The molecule has 3 rings (SSSR count). The van der Waals surface area contributed by atoms with Gasteiger partial charge < -0.3 is 14.5 Å². The number of nitrogens with one attached hydrogen (secondary N) is 1. The Balaban J connectivity index is 1.84. The Bertz CT molecular complexity index is 953. The molecule has 28 heavy (non-hydrogen) atoms. The van der Waals surface area contributed by atoms with E-state index in [4.69, 9.17) is 9.15 Å². The van der Waals surface area contributed by atoms with Crippen LogP contribution in [-0.2, 0) is 15.7 Å². The number of hydrogen-bond acceptors (Lipinski definition) is 4. The molecule has 1 aromatic heterocycles. The maximum Gasteiger partial charge on any atom is 0.416 e. The summed E-state index contributed by atoms with van der Waals surface area (Å²) in [5.74, 6) is -1.78. The summed E-state index contributed by atoms with van der Waals surface area (Å²) in [6.07, 6.45) is -4.66. The highest BCUT2D eigenvalue weighted by Crippen LogP contribution is 2.31. The normalized spacial score (nSPS) is 12.2. The predicted molar refractivity (Wildman–Crippen MR) is 93.4 cm³/mol. The number of furan rings is 1. The van der Waals surface area contributed by atoms with Crippen LogP contribution >= 0.6 is 0 Å². The minimum absolute atomic E-state index is 0.0743. The summed E-state index contributed by atoms with van der Waals surface area (Å²) in [5, 5.41) is 2.36. The van der Waals surface area contributed by atoms with Crippen molar-refractivity contribution in [2.24, 2.45) is 0 Å². The van der Waals surface area contributed by atoms with Crippen LogP contribution in [0.2, 0.25) is 0 Å². The highest BCUT2D eigenvalue weighted by Gasteiger charge is 2.31. The standard InChI is InChI=1S/C20H14F3NO4/c21-20(22,23)14-8-4-9-15(12-14)24-18(25)17(13-6-2-1-3-7-13)28-19(26)16-10-5-11-27-16/h1-12,17H,(H,24,25). The van der Waals surface area contributed by atoms with E-state index in [1.54, 1.807) is 30.3 Å². The second-order valence-electron chi connectivity index (χ2n) is 5.74. The van der Waals surface area contributed by atoms with Crippen molar-refractivity contribution in [2.75, 3.05) is 5.32 Å². The van der Waals surface area contributed by atoms with Gasteiger partial charge in [0.2, 0.25) is 11.9 Å². The van der Waals surface area contributed by atoms with Crippen LogP contribution in [0.25, 0.3) is 0 Å². The molecule has 0 aliphatic rings. The van der Waals surface area contributed by atoms with Gasteiger partial charge in [-0.05, 0) is 30.3 Å². The summed E-state index contributed by atoms with van der Waals surface area (Å²) in [6.45, 7) is 0. The zero-order valence-electron chi connectivity index (χ0n) is 14.3. The van der Waals surface area contributed by atoms with Gasteiger partial charge in [0.25, 0.3) is 5.91 Å². The number of alkyl halides is 3. The van der Waals surface area contributed by atoms with Crippen LogP contribution in [0.1, 0.15) is 27.8 Å². The third kappa shape index (κ3) is 4.59. The Morgan fingerprint density at radius 1 is 0.964 bits per heavy atom. The number of amides is 1. The maximum absolute atomic E-state index is 12.9. The molecule has 0 bridgehead atoms. The van der Waals surface area contributed by atoms with Crippen molar-refractivity contribution in [3.8, 4) is 0 Å². The van der Waals surface area contributed by atoms with Crippen LogP contribution < -0.4 is 5.32 Å². The number of ether oxygens (including phenoxy) is 1. The summed E-state index contributed by atoms with van der Waals surface area (Å²) >= 11 is 0. The Labute approximate surface area is 157 Å². The molecule has 3 aromatic rings. The quantitative estimate of drug-likeness (QED) is 0.635. The molecule has 0 aliphatic carbocycles. The fourth-order valence-corrected chi connectivity index (χ4v) is 2.44. The lowest BCUT2D eigenvalue weighted by atomic mass is 10.1. The summed E-state index contributed by atoms with van der Waals surface area (Å²) in [4.78, 5) is 24.9. The van der Waals surface area contributed by atoms with Gasteiger partial charge in [-0.1, -0.05) is 36.4 Å². The Kier molecular flexibility index (Phi) is 5.49. The topological polar surface area (TPSA) is 68.5 Å². The molecule has 1 amide bonds. The molecule has 1 atom stereocenters. The van der Waals surface area contributed by atoms with Crippen molar-refractivity contribution in [3.63, 3.8) is 0 Å². The van der Waals surface area contributed by atoms with E-state index in [0.717, 1.165) is 12.1 Å². The fraction of sp³-hybridized carbons (Fsp3) is 0.100. The Morgan fingerprint density at radius 2 is 1.71 bits per heavy atom. The number of carbonyl (C=O) groups excluding carboxylic acids is 2. The monoisotopic (exact) mass is 389 g/mol. The highest BCUT2D eigenvalue weighted by molar-refractivity contribution is 5.97. The van der Waals surface area contributed by atoms with Gasteiger partial charge in [-0.3, -0.25) is 4.79 Å². The van der Waals surface area contributed by atoms with Crippen LogP contribution in [-0.4, -0.2) is 11.9 Å². The lowest BCUT2D eigenvalue weighted by Crippen LogP contribution is -2.26. The van der Waals surface area contributed by atoms with Gasteiger partial charge in [0.05, 0.1) is 11.8 Å². The Hall–Kier alpha value is -3.55. The minimum Gasteiger partial charge on any atom is -0.457 e. The molecule has 2 aromatic carbocycles. The lowest BCUT2D eigenvalue weighted by Gasteiger charge is -2.18. The molecule has 0 saturated carbocycles. The number of benzene rings is 2. The van der Waals surface area contributed by atoms with Crippen molar-refractivity contribution >= 4 is 17.6 Å². The van der Waals surface area contributed by atoms with E-state index in [-0.39, 0.29) is 11.4 Å². The SMILES string of the molecule is O=C(OC(C(=O)Nc1cccc(C(F)(F)F)c1)c1ccccc1)c1ccco1. The van der Waals surface area contributed by atoms with E-state index in [1.807, 2.05) is 0 Å². The molecule has 0 radical (unpaired) electrons. The van der Waals surface area contributed by atoms with Crippen molar-refractivity contribution in [1.29, 1.82) is 0 Å². The van der Waals surface area contributed by atoms with E-state index in [1.165, 1.54) is 30.5 Å². The lowest BCUT2D eigenvalue weighted by molar-refractivity contribution is -0.137. The minimum atomic E-state index is -4.55. The van der Waals surface area contributed by atoms with Crippen molar-refractivity contribution in [2.45, 2.75) is 12.3 Å². The highest BCUT2D eigenvalue weighted by atomic mass is 19.4. The molecule has 1 heterocycles. The molecule has 5 nitrogen and oxygen atoms in total. The zero-order chi connectivity index (χ0) is 20.1. The van der Waals surface area contributed by atoms with Gasteiger partial charge in [-0.15, -0.1) is 0 Å². The average Bonchev–Trinajstić information content (AvgIpc) is 3.21. The van der Waals surface area contributed by atoms with Gasteiger partial charge in [0.15, 0.2) is 0 Å². The molecule has 0 fully saturated rings. The zero-order valence-corrected chi connectivity index (χ0v) is 14.3. The smallest absolute Gasteiger partial charge is 0.416 e. The molecule has 1 N–H and O–H groups in total. The van der Waals surface area contributed by atoms with Gasteiger partial charge in [0.1, 0.15) is 0 Å². The summed E-state index contributed by atoms with van der Waals surface area (Å²) in [5.41, 5.74) is -0.629. The average molecular weight is 389 g/mol. The van der Waals surface area contributed by atoms with Crippen LogP contribution in [0.15, 0.2) is 77.4 Å². The van der Waals surface area contributed by atoms with E-state index in [0.29, 0.717) is 5.56 Å². The van der Waals surface area contributed by atoms with Crippen LogP contribution in [0.5, 0.6) is 0 Å². The Morgan fingerprint density at radius 3 is 2.36 bits per heavy atom. The summed E-state index contributed by atoms with van der Waals surface area (Å²) < 4.78 is 48.8. The number of esters is 1. The first-order valence-electron chi connectivity index (χ1n) is 8.12. The van der Waals surface area contributed by atoms with Gasteiger partial charge in [-0.25, -0.2) is 4.79 Å². The van der Waals surface area contributed by atoms with Crippen molar-refractivity contribution < 1.29 is 31.9 Å². The number of carbonyl (C=O) groups is 2. The number of rotatable bonds is 5. The molecule has 0 aliphatic heterocycles. The van der Waals surface area contributed by atoms with Crippen molar-refractivity contribution in [1.82, 2.24) is 0 Å². The largest absolute Gasteiger partial charge is 0.457 e. The van der Waals surface area contributed by atoms with Gasteiger partial charge in [0, 0.05) is 11.3 Å². The van der Waals surface area contributed by atoms with Crippen molar-refractivity contribution in [3.05, 3.63) is 89.9 Å². The van der Waals surface area contributed by atoms with E-state index in [2.05, 4.69) is 5.32 Å². The van der Waals surface area contributed by atoms with E-state index >= 15 is 0 Å². The fourth-order valence-electron chi connectivity index (χ4n) is 2.44. The third-order valence-electron chi connectivity index (χ3n) is 3.75. The summed E-state index contributed by atoms with van der Waals surface area (Å²) in [6, 6.07) is 15.1. The second kappa shape index (κ2) is 7.99. The van der Waals surface area contributed by atoms with Gasteiger partial charge >= 0.3 is 12.1 Å². The molecular formula is C20H14F3NO4. The first-order chi connectivity index (χ1) is 13.3. The van der Waals surface area contributed by atoms with Crippen LogP contribution in [0.3, 0.4) is 0 Å². The maximum atomic E-state index is 12.9. The van der Waals surface area contributed by atoms with E-state index in [9.17, 15) is 22.8 Å². The number of hydrogen-bond donors (Lipinski definition) is 1. The first kappa shape index (κ1) is 19.2. The molecular weight excluding hydrogens is 375 g/mol. The molecule has 0 saturated heterocycles. The second-order valence-corrected chi connectivity index (χ2v) is 5.74. The summed E-state index contributed by atoms with van der Waals surface area (Å²) in [7, 11) is 0. The molecule has 144 valence electrons. The predicted octanol–water partition coefficient (Wildman–Crippen LogP) is 4.84. The first-order valence-corrected chi connectivity index (χ1v) is 8.12. The molecule has 0 spiro atoms. The molecule has 1 unspecified atom stereocenters. The number of anilines is 1. The van der Waals surface area contributed by atoms with Crippen LogP contribution in [0, 0.1) is 0 Å². The van der Waals surface area contributed by atoms with E-state index < -0.39 is 29.7 Å². The van der Waals surface area contributed by atoms with Crippen LogP contribution in [0.4, 0.5) is 18.9 Å².